The molecule has 5 nitrogen and oxygen atoms in total. The van der Waals surface area contributed by atoms with E-state index in [1.165, 1.54) is 6.07 Å². The molecule has 1 amide bonds. The minimum Gasteiger partial charge on any atom is -0.321 e. The van der Waals surface area contributed by atoms with Gasteiger partial charge >= 0.3 is 0 Å². The van der Waals surface area contributed by atoms with E-state index in [1.807, 2.05) is 25.1 Å². The monoisotopic (exact) mass is 450 g/mol. The van der Waals surface area contributed by atoms with Crippen LogP contribution in [0.5, 0.6) is 0 Å². The molecular weight excluding hydrogens is 428 g/mol. The maximum atomic E-state index is 13.1. The van der Waals surface area contributed by atoms with Gasteiger partial charge in [-0.25, -0.2) is 8.42 Å². The van der Waals surface area contributed by atoms with Gasteiger partial charge in [0.15, 0.2) is 0 Å². The zero-order valence-electron chi connectivity index (χ0n) is 15.4. The number of benzene rings is 2. The molecular formula is C20H23BrN2O3S. The molecule has 0 radical (unpaired) electrons. The quantitative estimate of drug-likeness (QED) is 0.741. The third-order valence-corrected chi connectivity index (χ3v) is 7.63. The number of aryl methyl sites for hydroxylation is 1. The number of nitrogens with zero attached hydrogens (tertiary/aromatic N) is 1. The second-order valence-corrected chi connectivity index (χ2v) is 9.62. The van der Waals surface area contributed by atoms with E-state index < -0.39 is 10.0 Å². The van der Waals surface area contributed by atoms with Crippen molar-refractivity contribution in [1.82, 2.24) is 4.31 Å². The average Bonchev–Trinajstić information content (AvgIpc) is 2.64. The summed E-state index contributed by atoms with van der Waals surface area (Å²) in [6.45, 7) is 4.26. The molecule has 0 bridgehead atoms. The molecule has 0 aromatic heterocycles. The lowest BCUT2D eigenvalue weighted by Crippen LogP contribution is -2.42. The number of para-hydroxylation sites is 1. The molecule has 0 saturated carbocycles. The molecule has 1 aliphatic rings. The van der Waals surface area contributed by atoms with E-state index in [2.05, 4.69) is 21.2 Å². The Balaban J connectivity index is 1.92. The summed E-state index contributed by atoms with van der Waals surface area (Å²) >= 11 is 3.40. The van der Waals surface area contributed by atoms with Gasteiger partial charge in [0, 0.05) is 22.6 Å². The summed E-state index contributed by atoms with van der Waals surface area (Å²) < 4.78 is 28.5. The van der Waals surface area contributed by atoms with Gasteiger partial charge in [0.25, 0.3) is 5.91 Å². The Hall–Kier alpha value is -1.70. The van der Waals surface area contributed by atoms with Crippen LogP contribution in [0.1, 0.15) is 42.1 Å². The lowest BCUT2D eigenvalue weighted by Gasteiger charge is -2.32. The molecule has 0 spiro atoms. The first-order chi connectivity index (χ1) is 12.8. The number of hydrogen-bond donors (Lipinski definition) is 1. The highest BCUT2D eigenvalue weighted by Crippen LogP contribution is 2.27. The van der Waals surface area contributed by atoms with Crippen LogP contribution < -0.4 is 5.32 Å². The zero-order valence-corrected chi connectivity index (χ0v) is 17.8. The fraction of sp³-hybridized carbons (Fsp3) is 0.350. The highest BCUT2D eigenvalue weighted by molar-refractivity contribution is 9.10. The van der Waals surface area contributed by atoms with Crippen molar-refractivity contribution in [1.29, 1.82) is 0 Å². The summed E-state index contributed by atoms with van der Waals surface area (Å²) in [5.74, 6) is -0.330. The number of hydrogen-bond acceptors (Lipinski definition) is 3. The Morgan fingerprint density at radius 3 is 2.63 bits per heavy atom. The summed E-state index contributed by atoms with van der Waals surface area (Å²) in [6, 6.07) is 12.0. The van der Waals surface area contributed by atoms with Crippen molar-refractivity contribution in [2.45, 2.75) is 44.0 Å². The molecule has 2 aromatic rings. The summed E-state index contributed by atoms with van der Waals surface area (Å²) in [4.78, 5) is 12.9. The minimum atomic E-state index is -3.62. The van der Waals surface area contributed by atoms with Crippen LogP contribution in [0.4, 0.5) is 5.69 Å². The van der Waals surface area contributed by atoms with Crippen molar-refractivity contribution in [2.24, 2.45) is 0 Å². The lowest BCUT2D eigenvalue weighted by atomic mass is 10.1. The third-order valence-electron chi connectivity index (χ3n) is 4.92. The standard InChI is InChI=1S/C20H23BrN2O3S/c1-14-10-11-16(27(25,26)23-12-6-5-7-15(23)2)13-17(14)20(24)22-19-9-4-3-8-18(19)21/h3-4,8-11,13,15H,5-7,12H2,1-2H3,(H,22,24). The molecule has 7 heteroatoms. The number of anilines is 1. The van der Waals surface area contributed by atoms with Gasteiger partial charge in [-0.05, 0) is 72.4 Å². The van der Waals surface area contributed by atoms with Crippen molar-refractivity contribution < 1.29 is 13.2 Å². The lowest BCUT2D eigenvalue weighted by molar-refractivity contribution is 0.102. The molecule has 1 saturated heterocycles. The normalized spacial score (nSPS) is 18.3. The number of nitrogens with one attached hydrogen (secondary N) is 1. The van der Waals surface area contributed by atoms with Crippen LogP contribution in [0.2, 0.25) is 0 Å². The summed E-state index contributed by atoms with van der Waals surface area (Å²) in [5.41, 5.74) is 1.72. The SMILES string of the molecule is Cc1ccc(S(=O)(=O)N2CCCCC2C)cc1C(=O)Nc1ccccc1Br. The topological polar surface area (TPSA) is 66.5 Å². The molecule has 27 heavy (non-hydrogen) atoms. The van der Waals surface area contributed by atoms with Crippen LogP contribution in [-0.2, 0) is 10.0 Å². The van der Waals surface area contributed by atoms with Gasteiger partial charge in [0.2, 0.25) is 10.0 Å². The van der Waals surface area contributed by atoms with E-state index in [0.29, 0.717) is 17.8 Å². The summed E-state index contributed by atoms with van der Waals surface area (Å²) in [6.07, 6.45) is 2.77. The smallest absolute Gasteiger partial charge is 0.256 e. The number of carbonyl (C=O) groups is 1. The van der Waals surface area contributed by atoms with Gasteiger partial charge in [0.05, 0.1) is 10.6 Å². The van der Waals surface area contributed by atoms with E-state index in [0.717, 1.165) is 29.3 Å². The first-order valence-corrected chi connectivity index (χ1v) is 11.2. The first kappa shape index (κ1) is 20.0. The predicted molar refractivity (Wildman–Crippen MR) is 110 cm³/mol. The fourth-order valence-corrected chi connectivity index (χ4v) is 5.43. The first-order valence-electron chi connectivity index (χ1n) is 8.99. The fourth-order valence-electron chi connectivity index (χ4n) is 3.32. The number of sulfonamides is 1. The number of amides is 1. The van der Waals surface area contributed by atoms with Crippen molar-refractivity contribution in [3.8, 4) is 0 Å². The average molecular weight is 451 g/mol. The molecule has 1 unspecified atom stereocenters. The van der Waals surface area contributed by atoms with E-state index >= 15 is 0 Å². The van der Waals surface area contributed by atoms with Gasteiger partial charge in [-0.1, -0.05) is 24.6 Å². The maximum Gasteiger partial charge on any atom is 0.256 e. The molecule has 1 fully saturated rings. The highest BCUT2D eigenvalue weighted by atomic mass is 79.9. The van der Waals surface area contributed by atoms with Crippen LogP contribution in [0.25, 0.3) is 0 Å². The number of rotatable bonds is 4. The largest absolute Gasteiger partial charge is 0.321 e. The van der Waals surface area contributed by atoms with Crippen LogP contribution in [0, 0.1) is 6.92 Å². The van der Waals surface area contributed by atoms with Crippen molar-refractivity contribution in [3.63, 3.8) is 0 Å². The molecule has 1 heterocycles. The van der Waals surface area contributed by atoms with Crippen LogP contribution in [0.3, 0.4) is 0 Å². The van der Waals surface area contributed by atoms with Crippen molar-refractivity contribution >= 4 is 37.5 Å². The molecule has 1 aliphatic heterocycles. The van der Waals surface area contributed by atoms with Crippen molar-refractivity contribution in [3.05, 3.63) is 58.1 Å². The second-order valence-electron chi connectivity index (χ2n) is 6.87. The van der Waals surface area contributed by atoms with Gasteiger partial charge in [-0.2, -0.15) is 4.31 Å². The van der Waals surface area contributed by atoms with Crippen LogP contribution in [0.15, 0.2) is 51.8 Å². The van der Waals surface area contributed by atoms with Gasteiger partial charge in [0.1, 0.15) is 0 Å². The number of piperidine rings is 1. The van der Waals surface area contributed by atoms with Crippen LogP contribution in [-0.4, -0.2) is 31.2 Å². The highest BCUT2D eigenvalue weighted by Gasteiger charge is 2.31. The Bertz CT molecular complexity index is 959. The number of carbonyl (C=O) groups excluding carboxylic acids is 1. The third kappa shape index (κ3) is 4.25. The molecule has 1 N–H and O–H groups in total. The zero-order chi connectivity index (χ0) is 19.6. The number of halogens is 1. The summed E-state index contributed by atoms with van der Waals surface area (Å²) in [7, 11) is -3.62. The Morgan fingerprint density at radius 2 is 1.93 bits per heavy atom. The minimum absolute atomic E-state index is 0.0254. The van der Waals surface area contributed by atoms with E-state index in [9.17, 15) is 13.2 Å². The second kappa shape index (κ2) is 8.12. The van der Waals surface area contributed by atoms with E-state index in [4.69, 9.17) is 0 Å². The van der Waals surface area contributed by atoms with Crippen molar-refractivity contribution in [2.75, 3.05) is 11.9 Å². The Kier molecular flexibility index (Phi) is 6.03. The molecule has 3 rings (SSSR count). The maximum absolute atomic E-state index is 13.1. The molecule has 2 aromatic carbocycles. The molecule has 144 valence electrons. The summed E-state index contributed by atoms with van der Waals surface area (Å²) in [5, 5.41) is 2.84. The van der Waals surface area contributed by atoms with Crippen LogP contribution >= 0.6 is 15.9 Å². The molecule has 1 atom stereocenters. The van der Waals surface area contributed by atoms with Gasteiger partial charge < -0.3 is 5.32 Å². The molecule has 0 aliphatic carbocycles. The van der Waals surface area contributed by atoms with E-state index in [-0.39, 0.29) is 16.8 Å². The van der Waals surface area contributed by atoms with Gasteiger partial charge in [-0.15, -0.1) is 0 Å². The van der Waals surface area contributed by atoms with E-state index in [1.54, 1.807) is 29.4 Å². The van der Waals surface area contributed by atoms with Gasteiger partial charge in [-0.3, -0.25) is 4.79 Å². The Morgan fingerprint density at radius 1 is 1.19 bits per heavy atom. The Labute approximate surface area is 169 Å². The predicted octanol–water partition coefficient (Wildman–Crippen LogP) is 4.57.